The van der Waals surface area contributed by atoms with Crippen LogP contribution in [0.4, 0.5) is 0 Å². The minimum absolute atomic E-state index is 0. The maximum atomic E-state index is 5.22. The van der Waals surface area contributed by atoms with Crippen LogP contribution >= 0.6 is 46.7 Å². The van der Waals surface area contributed by atoms with Gasteiger partial charge in [0.05, 0.1) is 30.9 Å². The Morgan fingerprint density at radius 2 is 1.75 bits per heavy atom. The normalized spacial score (nSPS) is 11.1. The largest absolute Gasteiger partial charge is 0.497 e. The van der Waals surface area contributed by atoms with Gasteiger partial charge in [0.1, 0.15) is 5.75 Å². The molecule has 0 saturated heterocycles. The molecule has 0 spiro atoms. The molecule has 3 aromatic rings. The third kappa shape index (κ3) is 5.92. The number of hydrogen-bond donors (Lipinski definition) is 2. The summed E-state index contributed by atoms with van der Waals surface area (Å²) < 4.78 is 5.22. The van der Waals surface area contributed by atoms with Crippen LogP contribution in [-0.4, -0.2) is 25.1 Å². The van der Waals surface area contributed by atoms with Crippen molar-refractivity contribution in [1.82, 2.24) is 15.6 Å². The fourth-order valence-corrected chi connectivity index (χ4v) is 4.51. The van der Waals surface area contributed by atoms with Crippen molar-refractivity contribution in [3.63, 3.8) is 0 Å². The Bertz CT molecular complexity index is 919. The van der Waals surface area contributed by atoms with E-state index in [4.69, 9.17) is 4.74 Å². The van der Waals surface area contributed by atoms with Crippen molar-refractivity contribution in [2.75, 3.05) is 14.2 Å². The molecular formula is C20H25IN4OS2. The van der Waals surface area contributed by atoms with Gasteiger partial charge in [-0.25, -0.2) is 4.98 Å². The number of ether oxygens (including phenoxy) is 1. The van der Waals surface area contributed by atoms with Gasteiger partial charge in [0.25, 0.3) is 0 Å². The lowest BCUT2D eigenvalue weighted by molar-refractivity contribution is 0.415. The summed E-state index contributed by atoms with van der Waals surface area (Å²) in [7, 11) is 3.47. The number of nitrogens with zero attached hydrogens (tertiary/aromatic N) is 2. The summed E-state index contributed by atoms with van der Waals surface area (Å²) in [6.07, 6.45) is 0. The van der Waals surface area contributed by atoms with Gasteiger partial charge in [-0.1, -0.05) is 0 Å². The molecule has 0 unspecified atom stereocenters. The van der Waals surface area contributed by atoms with Crippen molar-refractivity contribution < 1.29 is 4.74 Å². The zero-order chi connectivity index (χ0) is 19.2. The molecule has 8 heteroatoms. The topological polar surface area (TPSA) is 58.5 Å². The molecule has 3 rings (SSSR count). The summed E-state index contributed by atoms with van der Waals surface area (Å²) in [5, 5.41) is 7.83. The van der Waals surface area contributed by atoms with Crippen LogP contribution in [0.5, 0.6) is 5.75 Å². The molecule has 28 heavy (non-hydrogen) atoms. The monoisotopic (exact) mass is 528 g/mol. The lowest BCUT2D eigenvalue weighted by atomic mass is 10.2. The molecule has 0 bridgehead atoms. The van der Waals surface area contributed by atoms with Crippen LogP contribution in [0.3, 0.4) is 0 Å². The van der Waals surface area contributed by atoms with E-state index < -0.39 is 0 Å². The summed E-state index contributed by atoms with van der Waals surface area (Å²) in [4.78, 5) is 12.5. The van der Waals surface area contributed by atoms with Crippen molar-refractivity contribution >= 4 is 52.6 Å². The molecule has 150 valence electrons. The first-order chi connectivity index (χ1) is 13.1. The number of benzene rings is 1. The van der Waals surface area contributed by atoms with Gasteiger partial charge in [0, 0.05) is 21.7 Å². The summed E-state index contributed by atoms with van der Waals surface area (Å²) >= 11 is 3.50. The Labute approximate surface area is 191 Å². The van der Waals surface area contributed by atoms with E-state index in [2.05, 4.69) is 44.9 Å². The van der Waals surface area contributed by atoms with Gasteiger partial charge in [-0.05, 0) is 55.8 Å². The molecule has 0 radical (unpaired) electrons. The number of nitrogens with one attached hydrogen (secondary N) is 2. The van der Waals surface area contributed by atoms with E-state index in [0.717, 1.165) is 35.5 Å². The second-order valence-corrected chi connectivity index (χ2v) is 8.47. The van der Waals surface area contributed by atoms with Gasteiger partial charge in [0.2, 0.25) is 0 Å². The molecule has 5 nitrogen and oxygen atoms in total. The SMILES string of the molecule is CN=C(NCc1ccc(-c2ccc(OC)cc2)s1)NCc1sc(C)nc1C.I. The van der Waals surface area contributed by atoms with E-state index in [1.165, 1.54) is 20.2 Å². The van der Waals surface area contributed by atoms with Crippen LogP contribution in [-0.2, 0) is 13.1 Å². The van der Waals surface area contributed by atoms with Gasteiger partial charge in [-0.3, -0.25) is 4.99 Å². The number of rotatable bonds is 6. The predicted molar refractivity (Wildman–Crippen MR) is 130 cm³/mol. The lowest BCUT2D eigenvalue weighted by Gasteiger charge is -2.10. The minimum atomic E-state index is 0. The van der Waals surface area contributed by atoms with E-state index in [9.17, 15) is 0 Å². The Kier molecular flexibility index (Phi) is 8.71. The third-order valence-electron chi connectivity index (χ3n) is 4.11. The van der Waals surface area contributed by atoms with Crippen molar-refractivity contribution in [3.8, 4) is 16.2 Å². The van der Waals surface area contributed by atoms with Crippen molar-refractivity contribution in [1.29, 1.82) is 0 Å². The average Bonchev–Trinajstić information content (AvgIpc) is 3.28. The highest BCUT2D eigenvalue weighted by Crippen LogP contribution is 2.29. The lowest BCUT2D eigenvalue weighted by Crippen LogP contribution is -2.36. The van der Waals surface area contributed by atoms with Crippen LogP contribution in [0.1, 0.15) is 20.5 Å². The maximum absolute atomic E-state index is 5.22. The standard InChI is InChI=1S/C20H24N4OS2.HI/c1-13-19(26-14(2)24-13)12-23-20(21-3)22-11-17-9-10-18(27-17)15-5-7-16(25-4)8-6-15;/h5-10H,11-12H2,1-4H3,(H2,21,22,23);1H. The molecule has 0 aliphatic rings. The highest BCUT2D eigenvalue weighted by atomic mass is 127. The molecule has 0 amide bonds. The zero-order valence-corrected chi connectivity index (χ0v) is 20.4. The second kappa shape index (κ2) is 10.8. The predicted octanol–water partition coefficient (Wildman–Crippen LogP) is 4.98. The Balaban J connectivity index is 0.00000280. The van der Waals surface area contributed by atoms with Crippen LogP contribution in [0.25, 0.3) is 10.4 Å². The third-order valence-corrected chi connectivity index (χ3v) is 6.31. The number of methoxy groups -OCH3 is 1. The average molecular weight is 528 g/mol. The number of guanidine groups is 1. The Morgan fingerprint density at radius 3 is 2.36 bits per heavy atom. The van der Waals surface area contributed by atoms with Crippen LogP contribution < -0.4 is 15.4 Å². The van der Waals surface area contributed by atoms with Gasteiger partial charge in [-0.15, -0.1) is 46.7 Å². The van der Waals surface area contributed by atoms with E-state index in [-0.39, 0.29) is 24.0 Å². The highest BCUT2D eigenvalue weighted by Gasteiger charge is 2.07. The first kappa shape index (κ1) is 22.6. The molecule has 2 aromatic heterocycles. The molecule has 2 heterocycles. The molecule has 0 aliphatic heterocycles. The van der Waals surface area contributed by atoms with Gasteiger partial charge >= 0.3 is 0 Å². The molecule has 0 atom stereocenters. The van der Waals surface area contributed by atoms with Crippen LogP contribution in [0.2, 0.25) is 0 Å². The van der Waals surface area contributed by atoms with Gasteiger partial charge in [0.15, 0.2) is 5.96 Å². The molecule has 0 fully saturated rings. The quantitative estimate of drug-likeness (QED) is 0.269. The van der Waals surface area contributed by atoms with Crippen molar-refractivity contribution in [2.45, 2.75) is 26.9 Å². The number of aliphatic imine (C=N–C) groups is 1. The summed E-state index contributed by atoms with van der Waals surface area (Å²) in [6, 6.07) is 12.5. The number of thiophene rings is 1. The van der Waals surface area contributed by atoms with Crippen molar-refractivity contribution in [3.05, 3.63) is 56.9 Å². The number of aryl methyl sites for hydroxylation is 2. The number of thiazole rings is 1. The first-order valence-corrected chi connectivity index (χ1v) is 10.3. The fraction of sp³-hybridized carbons (Fsp3) is 0.300. The second-order valence-electron chi connectivity index (χ2n) is 6.02. The fourth-order valence-electron chi connectivity index (χ4n) is 2.68. The van der Waals surface area contributed by atoms with Gasteiger partial charge < -0.3 is 15.4 Å². The minimum Gasteiger partial charge on any atom is -0.497 e. The molecule has 1 aromatic carbocycles. The van der Waals surface area contributed by atoms with Gasteiger partial charge in [-0.2, -0.15) is 0 Å². The van der Waals surface area contributed by atoms with Crippen LogP contribution in [0.15, 0.2) is 41.4 Å². The van der Waals surface area contributed by atoms with E-state index in [1.807, 2.05) is 26.0 Å². The number of halogens is 1. The Morgan fingerprint density at radius 1 is 1.04 bits per heavy atom. The molecule has 0 aliphatic carbocycles. The summed E-state index contributed by atoms with van der Waals surface area (Å²) in [5.74, 6) is 1.67. The van der Waals surface area contributed by atoms with E-state index >= 15 is 0 Å². The number of hydrogen-bond acceptors (Lipinski definition) is 5. The highest BCUT2D eigenvalue weighted by molar-refractivity contribution is 14.0. The number of aromatic nitrogens is 1. The van der Waals surface area contributed by atoms with Crippen LogP contribution in [0, 0.1) is 13.8 Å². The summed E-state index contributed by atoms with van der Waals surface area (Å²) in [6.45, 7) is 5.55. The van der Waals surface area contributed by atoms with E-state index in [0.29, 0.717) is 0 Å². The maximum Gasteiger partial charge on any atom is 0.191 e. The summed E-state index contributed by atoms with van der Waals surface area (Å²) in [5.41, 5.74) is 2.29. The molecule has 0 saturated carbocycles. The molecule has 2 N–H and O–H groups in total. The Hall–Kier alpha value is -1.65. The smallest absolute Gasteiger partial charge is 0.191 e. The van der Waals surface area contributed by atoms with Crippen molar-refractivity contribution in [2.24, 2.45) is 4.99 Å². The first-order valence-electron chi connectivity index (χ1n) is 8.69. The van der Waals surface area contributed by atoms with E-state index in [1.54, 1.807) is 36.8 Å². The molecular weight excluding hydrogens is 503 g/mol. The zero-order valence-electron chi connectivity index (χ0n) is 16.4.